The number of aryl methyl sites for hydroxylation is 1. The predicted molar refractivity (Wildman–Crippen MR) is 108 cm³/mol. The lowest BCUT2D eigenvalue weighted by Crippen LogP contribution is -2.04. The zero-order valence-corrected chi connectivity index (χ0v) is 16.6. The van der Waals surface area contributed by atoms with Crippen LogP contribution in [-0.2, 0) is 6.54 Å². The van der Waals surface area contributed by atoms with Gasteiger partial charge in [0, 0.05) is 16.5 Å². The zero-order chi connectivity index (χ0) is 19.5. The number of tetrazole rings is 1. The molecule has 0 fully saturated rings. The van der Waals surface area contributed by atoms with Crippen molar-refractivity contribution in [2.24, 2.45) is 0 Å². The standard InChI is InChI=1S/C20H19N5O2S/c1-13-6-4-5-7-16(13)19-22-24-25(23-19)11-15-12-28-20(21-15)14-8-9-17(26-2)18(10-14)27-3/h4-10,12H,11H2,1-3H3. The lowest BCUT2D eigenvalue weighted by molar-refractivity contribution is 0.355. The molecule has 0 aliphatic heterocycles. The van der Waals surface area contributed by atoms with Crippen molar-refractivity contribution in [2.75, 3.05) is 14.2 Å². The second-order valence-corrected chi connectivity index (χ2v) is 7.03. The highest BCUT2D eigenvalue weighted by molar-refractivity contribution is 7.13. The summed E-state index contributed by atoms with van der Waals surface area (Å²) >= 11 is 1.56. The number of thiazole rings is 1. The van der Waals surface area contributed by atoms with Crippen molar-refractivity contribution in [3.05, 3.63) is 59.1 Å². The Balaban J connectivity index is 1.54. The molecule has 2 aromatic heterocycles. The molecule has 4 rings (SSSR count). The fourth-order valence-electron chi connectivity index (χ4n) is 2.87. The first kappa shape index (κ1) is 18.1. The maximum Gasteiger partial charge on any atom is 0.205 e. The quantitative estimate of drug-likeness (QED) is 0.495. The van der Waals surface area contributed by atoms with Gasteiger partial charge >= 0.3 is 0 Å². The molecule has 0 N–H and O–H groups in total. The largest absolute Gasteiger partial charge is 0.493 e. The van der Waals surface area contributed by atoms with Gasteiger partial charge in [-0.3, -0.25) is 0 Å². The second-order valence-electron chi connectivity index (χ2n) is 6.17. The van der Waals surface area contributed by atoms with E-state index in [9.17, 15) is 0 Å². The molecule has 0 bridgehead atoms. The van der Waals surface area contributed by atoms with Gasteiger partial charge in [-0.15, -0.1) is 21.5 Å². The summed E-state index contributed by atoms with van der Waals surface area (Å²) in [6.07, 6.45) is 0. The lowest BCUT2D eigenvalue weighted by atomic mass is 10.1. The highest BCUT2D eigenvalue weighted by atomic mass is 32.1. The van der Waals surface area contributed by atoms with Crippen molar-refractivity contribution in [3.8, 4) is 33.5 Å². The Hall–Kier alpha value is -3.26. The number of hydrogen-bond donors (Lipinski definition) is 0. The van der Waals surface area contributed by atoms with E-state index in [2.05, 4.69) is 15.4 Å². The highest BCUT2D eigenvalue weighted by Crippen LogP contribution is 2.33. The lowest BCUT2D eigenvalue weighted by Gasteiger charge is -2.08. The first-order valence-corrected chi connectivity index (χ1v) is 9.56. The van der Waals surface area contributed by atoms with E-state index >= 15 is 0 Å². The predicted octanol–water partition coefficient (Wildman–Crippen LogP) is 3.84. The van der Waals surface area contributed by atoms with Gasteiger partial charge in [0.2, 0.25) is 5.82 Å². The van der Waals surface area contributed by atoms with Crippen LogP contribution in [0.3, 0.4) is 0 Å². The first-order chi connectivity index (χ1) is 13.7. The van der Waals surface area contributed by atoms with Crippen LogP contribution in [0.15, 0.2) is 47.8 Å². The van der Waals surface area contributed by atoms with Gasteiger partial charge in [-0.05, 0) is 35.9 Å². The average Bonchev–Trinajstić information content (AvgIpc) is 3.38. The summed E-state index contributed by atoms with van der Waals surface area (Å²) in [5, 5.41) is 15.7. The summed E-state index contributed by atoms with van der Waals surface area (Å²) in [7, 11) is 3.24. The van der Waals surface area contributed by atoms with E-state index in [0.717, 1.165) is 27.4 Å². The third-order valence-corrected chi connectivity index (χ3v) is 5.26. The molecular weight excluding hydrogens is 374 g/mol. The normalized spacial score (nSPS) is 10.8. The molecule has 0 spiro atoms. The van der Waals surface area contributed by atoms with Crippen molar-refractivity contribution in [2.45, 2.75) is 13.5 Å². The van der Waals surface area contributed by atoms with Gasteiger partial charge in [-0.25, -0.2) is 4.98 Å². The van der Waals surface area contributed by atoms with Crippen LogP contribution in [0, 0.1) is 6.92 Å². The van der Waals surface area contributed by atoms with Gasteiger partial charge in [-0.2, -0.15) is 4.80 Å². The van der Waals surface area contributed by atoms with E-state index in [1.54, 1.807) is 30.4 Å². The molecule has 0 radical (unpaired) electrons. The number of ether oxygens (including phenoxy) is 2. The van der Waals surface area contributed by atoms with Crippen molar-refractivity contribution < 1.29 is 9.47 Å². The van der Waals surface area contributed by atoms with Crippen LogP contribution in [0.25, 0.3) is 22.0 Å². The molecular formula is C20H19N5O2S. The van der Waals surface area contributed by atoms with Crippen molar-refractivity contribution in [1.29, 1.82) is 0 Å². The van der Waals surface area contributed by atoms with Crippen LogP contribution in [0.1, 0.15) is 11.3 Å². The Labute approximate surface area is 166 Å². The Kier molecular flexibility index (Phi) is 5.03. The van der Waals surface area contributed by atoms with E-state index in [1.807, 2.05) is 54.8 Å². The summed E-state index contributed by atoms with van der Waals surface area (Å²) < 4.78 is 10.7. The fraction of sp³-hybridized carbons (Fsp3) is 0.200. The summed E-state index contributed by atoms with van der Waals surface area (Å²) in [4.78, 5) is 6.26. The van der Waals surface area contributed by atoms with E-state index in [4.69, 9.17) is 14.5 Å². The molecule has 0 aliphatic rings. The van der Waals surface area contributed by atoms with Crippen LogP contribution in [0.5, 0.6) is 11.5 Å². The Bertz CT molecular complexity index is 1110. The van der Waals surface area contributed by atoms with Crippen LogP contribution < -0.4 is 9.47 Å². The molecule has 0 saturated carbocycles. The third kappa shape index (κ3) is 3.59. The van der Waals surface area contributed by atoms with Gasteiger partial charge in [0.25, 0.3) is 0 Å². The summed E-state index contributed by atoms with van der Waals surface area (Å²) in [5.74, 6) is 1.99. The Morgan fingerprint density at radius 2 is 1.86 bits per heavy atom. The molecule has 0 unspecified atom stereocenters. The highest BCUT2D eigenvalue weighted by Gasteiger charge is 2.12. The van der Waals surface area contributed by atoms with Crippen LogP contribution in [-0.4, -0.2) is 39.4 Å². The van der Waals surface area contributed by atoms with E-state index in [0.29, 0.717) is 23.9 Å². The number of benzene rings is 2. The van der Waals surface area contributed by atoms with E-state index < -0.39 is 0 Å². The minimum atomic E-state index is 0.461. The smallest absolute Gasteiger partial charge is 0.205 e. The molecule has 28 heavy (non-hydrogen) atoms. The van der Waals surface area contributed by atoms with Gasteiger partial charge < -0.3 is 9.47 Å². The van der Waals surface area contributed by atoms with E-state index in [1.165, 1.54) is 0 Å². The molecule has 0 atom stereocenters. The van der Waals surface area contributed by atoms with Crippen molar-refractivity contribution in [1.82, 2.24) is 25.2 Å². The number of nitrogens with zero attached hydrogens (tertiary/aromatic N) is 5. The summed E-state index contributed by atoms with van der Waals surface area (Å²) in [6, 6.07) is 13.8. The minimum absolute atomic E-state index is 0.461. The SMILES string of the molecule is COc1ccc(-c2nc(Cn3nnc(-c4ccccc4C)n3)cs2)cc1OC. The van der Waals surface area contributed by atoms with Crippen molar-refractivity contribution in [3.63, 3.8) is 0 Å². The maximum absolute atomic E-state index is 5.37. The van der Waals surface area contributed by atoms with Gasteiger partial charge in [0.1, 0.15) is 11.6 Å². The molecule has 0 saturated heterocycles. The fourth-order valence-corrected chi connectivity index (χ4v) is 3.68. The second kappa shape index (κ2) is 7.77. The van der Waals surface area contributed by atoms with Crippen LogP contribution in [0.2, 0.25) is 0 Å². The number of hydrogen-bond acceptors (Lipinski definition) is 7. The molecule has 2 aromatic carbocycles. The van der Waals surface area contributed by atoms with Gasteiger partial charge in [-0.1, -0.05) is 24.3 Å². The Morgan fingerprint density at radius 3 is 2.64 bits per heavy atom. The van der Waals surface area contributed by atoms with Crippen LogP contribution in [0.4, 0.5) is 0 Å². The third-order valence-electron chi connectivity index (χ3n) is 4.32. The average molecular weight is 393 g/mol. The number of methoxy groups -OCH3 is 2. The molecule has 7 nitrogen and oxygen atoms in total. The summed E-state index contributed by atoms with van der Waals surface area (Å²) in [6.45, 7) is 2.49. The van der Waals surface area contributed by atoms with E-state index in [-0.39, 0.29) is 0 Å². The molecule has 4 aromatic rings. The summed E-state index contributed by atoms with van der Waals surface area (Å²) in [5.41, 5.74) is 3.95. The maximum atomic E-state index is 5.37. The molecule has 142 valence electrons. The van der Waals surface area contributed by atoms with Gasteiger partial charge in [0.05, 0.1) is 19.9 Å². The number of rotatable bonds is 6. The zero-order valence-electron chi connectivity index (χ0n) is 15.8. The van der Waals surface area contributed by atoms with Gasteiger partial charge in [0.15, 0.2) is 11.5 Å². The molecule has 0 amide bonds. The monoisotopic (exact) mass is 393 g/mol. The first-order valence-electron chi connectivity index (χ1n) is 8.68. The topological polar surface area (TPSA) is 75.0 Å². The van der Waals surface area contributed by atoms with Crippen LogP contribution >= 0.6 is 11.3 Å². The Morgan fingerprint density at radius 1 is 1.04 bits per heavy atom. The minimum Gasteiger partial charge on any atom is -0.493 e. The molecule has 2 heterocycles. The number of aromatic nitrogens is 5. The molecule has 0 aliphatic carbocycles. The van der Waals surface area contributed by atoms with Crippen molar-refractivity contribution >= 4 is 11.3 Å². The molecule has 8 heteroatoms.